The van der Waals surface area contributed by atoms with Gasteiger partial charge < -0.3 is 0 Å². The molecule has 4 fully saturated rings. The average Bonchev–Trinajstić information content (AvgIpc) is 2.77. The molecular formula is C24H46Cl3P2Ru. The first-order valence-corrected chi connectivity index (χ1v) is 21.8. The van der Waals surface area contributed by atoms with E-state index >= 15 is 0 Å². The molecule has 4 saturated carbocycles. The van der Waals surface area contributed by atoms with E-state index in [2.05, 4.69) is 0 Å². The zero-order chi connectivity index (χ0) is 21.4. The molecule has 30 heavy (non-hydrogen) atoms. The van der Waals surface area contributed by atoms with Gasteiger partial charge in [0.2, 0.25) is 0 Å². The van der Waals surface area contributed by atoms with Crippen molar-refractivity contribution in [3.8, 4) is 0 Å². The van der Waals surface area contributed by atoms with Crippen LogP contribution in [0.25, 0.3) is 0 Å². The average molecular weight is 604 g/mol. The molecule has 4 aliphatic rings. The molecule has 0 aromatic heterocycles. The van der Waals surface area contributed by atoms with Crippen molar-refractivity contribution in [3.63, 3.8) is 0 Å². The molecular weight excluding hydrogens is 558 g/mol. The quantitative estimate of drug-likeness (QED) is 0.221. The fourth-order valence-electron chi connectivity index (χ4n) is 5.74. The summed E-state index contributed by atoms with van der Waals surface area (Å²) >= 11 is -1.75. The second-order valence-electron chi connectivity index (χ2n) is 9.82. The van der Waals surface area contributed by atoms with Crippen LogP contribution in [-0.4, -0.2) is 22.6 Å². The molecule has 0 atom stereocenters. The molecule has 0 N–H and O–H groups in total. The molecule has 0 aliphatic heterocycles. The Labute approximate surface area is 209 Å². The Balaban J connectivity index is 0.000000182. The van der Waals surface area contributed by atoms with Gasteiger partial charge in [-0.2, -0.15) is 0 Å². The van der Waals surface area contributed by atoms with Crippen LogP contribution in [0, 0.1) is 0 Å². The third-order valence-corrected chi connectivity index (χ3v) is 11.6. The van der Waals surface area contributed by atoms with Crippen molar-refractivity contribution in [1.29, 1.82) is 0 Å². The molecule has 0 aromatic rings. The standard InChI is InChI=1S/2C12H23P.3ClH.Ru/c2*1-3-7-11(8-4-1)13-12-9-5-2-6-10-12;;;;/h2*11-13H,1-10H2;3*1H;/q;;;;;+3/p-3. The third kappa shape index (κ3) is 14.6. The Morgan fingerprint density at radius 3 is 0.700 bits per heavy atom. The molecule has 0 amide bonds. The van der Waals surface area contributed by atoms with E-state index in [-0.39, 0.29) is 0 Å². The fraction of sp³-hybridized carbons (Fsp3) is 1.00. The molecule has 4 aliphatic carbocycles. The number of hydrogen-bond donors (Lipinski definition) is 0. The predicted molar refractivity (Wildman–Crippen MR) is 142 cm³/mol. The minimum atomic E-state index is -1.75. The first-order chi connectivity index (χ1) is 14.6. The van der Waals surface area contributed by atoms with Crippen molar-refractivity contribution < 1.29 is 13.0 Å². The van der Waals surface area contributed by atoms with Crippen LogP contribution in [0.5, 0.6) is 0 Å². The van der Waals surface area contributed by atoms with Crippen molar-refractivity contribution in [1.82, 2.24) is 0 Å². The molecule has 4 rings (SSSR count). The molecule has 0 heterocycles. The molecule has 0 spiro atoms. The van der Waals surface area contributed by atoms with Crippen LogP contribution in [0.4, 0.5) is 0 Å². The molecule has 0 aromatic carbocycles. The molecule has 0 radical (unpaired) electrons. The summed E-state index contributed by atoms with van der Waals surface area (Å²) in [6.45, 7) is 0. The van der Waals surface area contributed by atoms with Crippen molar-refractivity contribution in [3.05, 3.63) is 0 Å². The van der Waals surface area contributed by atoms with Gasteiger partial charge in [0.15, 0.2) is 0 Å². The zero-order valence-corrected chi connectivity index (χ0v) is 24.9. The number of hydrogen-bond acceptors (Lipinski definition) is 0. The molecule has 0 bridgehead atoms. The predicted octanol–water partition coefficient (Wildman–Crippen LogP) is 10.7. The Kier molecular flexibility index (Phi) is 17.8. The fourth-order valence-corrected chi connectivity index (χ4v) is 10.0. The monoisotopic (exact) mass is 603 g/mol. The maximum absolute atomic E-state index is 4.95. The number of halogens is 3. The van der Waals surface area contributed by atoms with Crippen LogP contribution in [0.3, 0.4) is 0 Å². The normalized spacial score (nSPS) is 25.5. The maximum atomic E-state index is 4.95. The van der Waals surface area contributed by atoms with Crippen LogP contribution in [-0.2, 0) is 13.0 Å². The van der Waals surface area contributed by atoms with E-state index in [1.807, 2.05) is 0 Å². The van der Waals surface area contributed by atoms with Gasteiger partial charge >= 0.3 is 42.1 Å². The van der Waals surface area contributed by atoms with Crippen molar-refractivity contribution >= 4 is 46.2 Å². The van der Waals surface area contributed by atoms with Crippen LogP contribution < -0.4 is 0 Å². The Hall–Kier alpha value is 2.35. The van der Waals surface area contributed by atoms with E-state index in [9.17, 15) is 0 Å². The summed E-state index contributed by atoms with van der Waals surface area (Å²) < 4.78 is 0. The van der Waals surface area contributed by atoms with Crippen molar-refractivity contribution in [2.75, 3.05) is 0 Å². The van der Waals surface area contributed by atoms with Gasteiger partial charge in [-0.05, 0) is 74.0 Å². The molecule has 0 nitrogen and oxygen atoms in total. The topological polar surface area (TPSA) is 0 Å². The van der Waals surface area contributed by atoms with E-state index in [1.54, 1.807) is 51.4 Å². The Bertz CT molecular complexity index is 321. The van der Waals surface area contributed by atoms with Gasteiger partial charge in [-0.15, -0.1) is 17.2 Å². The van der Waals surface area contributed by atoms with Crippen LogP contribution in [0.2, 0.25) is 0 Å². The Morgan fingerprint density at radius 2 is 0.533 bits per heavy atom. The summed E-state index contributed by atoms with van der Waals surface area (Å²) in [5, 5.41) is 0. The molecule has 6 heteroatoms. The van der Waals surface area contributed by atoms with Gasteiger partial charge in [0.05, 0.1) is 0 Å². The van der Waals surface area contributed by atoms with E-state index in [0.29, 0.717) is 0 Å². The first kappa shape index (κ1) is 28.6. The third-order valence-electron chi connectivity index (χ3n) is 7.36. The summed E-state index contributed by atoms with van der Waals surface area (Å²) in [5.74, 6) is 0. The van der Waals surface area contributed by atoms with Crippen LogP contribution in [0.1, 0.15) is 128 Å². The zero-order valence-electron chi connectivity index (χ0n) is 18.9. The second-order valence-corrected chi connectivity index (χ2v) is 21.7. The second kappa shape index (κ2) is 18.7. The van der Waals surface area contributed by atoms with Gasteiger partial charge in [0, 0.05) is 0 Å². The van der Waals surface area contributed by atoms with Gasteiger partial charge in [0.25, 0.3) is 0 Å². The van der Waals surface area contributed by atoms with E-state index in [4.69, 9.17) is 29.1 Å². The van der Waals surface area contributed by atoms with E-state index in [1.165, 1.54) is 94.2 Å². The molecule has 181 valence electrons. The summed E-state index contributed by atoms with van der Waals surface area (Å²) in [7, 11) is 17.5. The van der Waals surface area contributed by atoms with Gasteiger partial charge in [0.1, 0.15) is 0 Å². The number of rotatable bonds is 4. The SMILES string of the molecule is C1CCC(PC2CCCCC2)CC1.C1CCC(PC2CCCCC2)CC1.[Cl][Ru]([Cl])[Cl]. The van der Waals surface area contributed by atoms with Crippen LogP contribution >= 0.6 is 46.2 Å². The summed E-state index contributed by atoms with van der Waals surface area (Å²) in [5.41, 5.74) is 4.60. The summed E-state index contributed by atoms with van der Waals surface area (Å²) in [4.78, 5) is 0. The summed E-state index contributed by atoms with van der Waals surface area (Å²) in [6.07, 6.45) is 30.9. The van der Waals surface area contributed by atoms with Gasteiger partial charge in [-0.25, -0.2) is 0 Å². The molecule has 0 unspecified atom stereocenters. The summed E-state index contributed by atoms with van der Waals surface area (Å²) in [6, 6.07) is 0. The van der Waals surface area contributed by atoms with E-state index < -0.39 is 13.0 Å². The Morgan fingerprint density at radius 1 is 0.367 bits per heavy atom. The molecule has 0 saturated heterocycles. The minimum absolute atomic E-state index is 1.15. The van der Waals surface area contributed by atoms with Gasteiger partial charge in [-0.1, -0.05) is 77.0 Å². The van der Waals surface area contributed by atoms with E-state index in [0.717, 1.165) is 22.6 Å². The van der Waals surface area contributed by atoms with Crippen molar-refractivity contribution in [2.45, 2.75) is 151 Å². The van der Waals surface area contributed by atoms with Gasteiger partial charge in [-0.3, -0.25) is 0 Å². The first-order valence-electron chi connectivity index (χ1n) is 12.8. The van der Waals surface area contributed by atoms with Crippen LogP contribution in [0.15, 0.2) is 0 Å². The van der Waals surface area contributed by atoms with Crippen molar-refractivity contribution in [2.24, 2.45) is 0 Å².